The summed E-state index contributed by atoms with van der Waals surface area (Å²) >= 11 is 0. The maximum atomic E-state index is 14.3. The van der Waals surface area contributed by atoms with Crippen LogP contribution in [0.1, 0.15) is 45.7 Å². The number of rotatable bonds is 7. The first-order chi connectivity index (χ1) is 20.1. The molecular formula is C35H29N3O3. The van der Waals surface area contributed by atoms with Gasteiger partial charge in [-0.25, -0.2) is 5.43 Å². The fourth-order valence-corrected chi connectivity index (χ4v) is 7.20. The number of nitrogens with one attached hydrogen (secondary N) is 1. The van der Waals surface area contributed by atoms with Crippen LogP contribution in [0.5, 0.6) is 0 Å². The number of likely N-dealkylation sites (tertiary alicyclic amines) is 1. The molecule has 0 spiro atoms. The lowest BCUT2D eigenvalue weighted by atomic mass is 9.47. The summed E-state index contributed by atoms with van der Waals surface area (Å²) in [6, 6.07) is 35.6. The largest absolute Gasteiger partial charge is 0.278 e. The minimum atomic E-state index is -0.989. The zero-order chi connectivity index (χ0) is 28.0. The average Bonchev–Trinajstić information content (AvgIpc) is 3.27. The molecule has 1 N–H and O–H groups in total. The molecule has 3 amide bonds. The summed E-state index contributed by atoms with van der Waals surface area (Å²) in [4.78, 5) is 42.6. The van der Waals surface area contributed by atoms with E-state index in [0.717, 1.165) is 33.4 Å². The molecule has 0 unspecified atom stereocenters. The smallest absolute Gasteiger partial charge is 0.240 e. The summed E-state index contributed by atoms with van der Waals surface area (Å²) in [6.07, 6.45) is 2.61. The van der Waals surface area contributed by atoms with Crippen molar-refractivity contribution < 1.29 is 14.4 Å². The molecule has 1 heterocycles. The summed E-state index contributed by atoms with van der Waals surface area (Å²) in [5, 5.41) is 4.49. The molecule has 1 saturated heterocycles. The van der Waals surface area contributed by atoms with Gasteiger partial charge in [0.1, 0.15) is 0 Å². The van der Waals surface area contributed by atoms with E-state index in [2.05, 4.69) is 22.7 Å². The zero-order valence-corrected chi connectivity index (χ0v) is 22.4. The summed E-state index contributed by atoms with van der Waals surface area (Å²) in [7, 11) is 0. The molecule has 2 atom stereocenters. The molecule has 4 aromatic carbocycles. The third-order valence-electron chi connectivity index (χ3n) is 8.90. The molecule has 2 bridgehead atoms. The minimum absolute atomic E-state index is 0.150. The highest BCUT2D eigenvalue weighted by atomic mass is 16.2. The first-order valence-electron chi connectivity index (χ1n) is 14.0. The van der Waals surface area contributed by atoms with Crippen LogP contribution in [0.25, 0.3) is 0 Å². The van der Waals surface area contributed by atoms with E-state index in [1.807, 2.05) is 97.1 Å². The number of aryl methyl sites for hydroxylation is 1. The van der Waals surface area contributed by atoms with Crippen LogP contribution in [0.2, 0.25) is 0 Å². The van der Waals surface area contributed by atoms with Crippen molar-refractivity contribution in [2.45, 2.75) is 30.7 Å². The van der Waals surface area contributed by atoms with Gasteiger partial charge in [0.05, 0.1) is 23.8 Å². The Labute approximate surface area is 238 Å². The van der Waals surface area contributed by atoms with Gasteiger partial charge in [-0.15, -0.1) is 0 Å². The molecular weight excluding hydrogens is 510 g/mol. The van der Waals surface area contributed by atoms with Gasteiger partial charge in [0.25, 0.3) is 0 Å². The number of carbonyl (C=O) groups is 3. The van der Waals surface area contributed by atoms with Crippen molar-refractivity contribution in [3.63, 3.8) is 0 Å². The Morgan fingerprint density at radius 1 is 0.756 bits per heavy atom. The Kier molecular flexibility index (Phi) is 6.11. The number of hydrogen-bond donors (Lipinski definition) is 1. The molecule has 1 aliphatic heterocycles. The quantitative estimate of drug-likeness (QED) is 0.205. The molecule has 0 saturated carbocycles. The van der Waals surface area contributed by atoms with Crippen LogP contribution in [0.15, 0.2) is 114 Å². The number of nitrogens with zero attached hydrogens (tertiary/aromatic N) is 2. The third kappa shape index (κ3) is 3.93. The second-order valence-electron chi connectivity index (χ2n) is 11.1. The van der Waals surface area contributed by atoms with Gasteiger partial charge in [-0.2, -0.15) is 5.10 Å². The molecule has 1 fully saturated rings. The van der Waals surface area contributed by atoms with Crippen molar-refractivity contribution in [3.05, 3.63) is 143 Å². The standard InChI is InChI=1S/C35H29N3O3/c39-29(20-19-23-11-3-1-4-12-23)37-36-22-35-27-17-9-7-15-25(27)30(26-16-8-10-18-28(26)35)31-32(35)34(41)38(33(31)40)21-24-13-5-2-6-14-24/h1-18,22,30-32H,19-21H2,(H,37,39)/b36-22-/t30?,31-,32-,35?/m1/s1. The second-order valence-corrected chi connectivity index (χ2v) is 11.1. The number of imide groups is 1. The highest BCUT2D eigenvalue weighted by molar-refractivity contribution is 6.11. The highest BCUT2D eigenvalue weighted by Crippen LogP contribution is 2.63. The molecule has 3 aliphatic carbocycles. The fraction of sp³-hybridized carbons (Fsp3) is 0.200. The van der Waals surface area contributed by atoms with E-state index < -0.39 is 17.3 Å². The third-order valence-corrected chi connectivity index (χ3v) is 8.90. The lowest BCUT2D eigenvalue weighted by molar-refractivity contribution is -0.140. The van der Waals surface area contributed by atoms with E-state index in [9.17, 15) is 14.4 Å². The number of amides is 3. The zero-order valence-electron chi connectivity index (χ0n) is 22.4. The van der Waals surface area contributed by atoms with Crippen molar-refractivity contribution in [1.82, 2.24) is 10.3 Å². The van der Waals surface area contributed by atoms with Crippen LogP contribution in [-0.4, -0.2) is 28.8 Å². The van der Waals surface area contributed by atoms with Gasteiger partial charge in [-0.1, -0.05) is 109 Å². The predicted molar refractivity (Wildman–Crippen MR) is 156 cm³/mol. The summed E-state index contributed by atoms with van der Waals surface area (Å²) in [5.74, 6) is -1.97. The summed E-state index contributed by atoms with van der Waals surface area (Å²) in [5.41, 5.74) is 7.73. The lowest BCUT2D eigenvalue weighted by Crippen LogP contribution is -2.54. The average molecular weight is 540 g/mol. The van der Waals surface area contributed by atoms with Gasteiger partial charge >= 0.3 is 0 Å². The van der Waals surface area contributed by atoms with E-state index in [1.165, 1.54) is 4.90 Å². The molecule has 6 nitrogen and oxygen atoms in total. The molecule has 8 rings (SSSR count). The first kappa shape index (κ1) is 25.1. The van der Waals surface area contributed by atoms with Gasteiger partial charge in [-0.3, -0.25) is 19.3 Å². The van der Waals surface area contributed by atoms with Crippen LogP contribution >= 0.6 is 0 Å². The fourth-order valence-electron chi connectivity index (χ4n) is 7.20. The topological polar surface area (TPSA) is 78.8 Å². The Morgan fingerprint density at radius 3 is 1.95 bits per heavy atom. The SMILES string of the molecule is O=C(CCc1ccccc1)N/N=C\C12c3ccccc3C(c3ccccc31)[C@H]1C(=O)N(Cc3ccccc3)C(=O)[C@@H]12. The summed E-state index contributed by atoms with van der Waals surface area (Å²) < 4.78 is 0. The minimum Gasteiger partial charge on any atom is -0.278 e. The number of hydrazone groups is 1. The lowest BCUT2D eigenvalue weighted by Gasteiger charge is -2.52. The highest BCUT2D eigenvalue weighted by Gasteiger charge is 2.67. The van der Waals surface area contributed by atoms with Gasteiger partial charge in [-0.05, 0) is 39.8 Å². The van der Waals surface area contributed by atoms with Crippen molar-refractivity contribution in [1.29, 1.82) is 0 Å². The molecule has 0 aromatic heterocycles. The Morgan fingerprint density at radius 2 is 1.32 bits per heavy atom. The monoisotopic (exact) mass is 539 g/mol. The van der Waals surface area contributed by atoms with Crippen LogP contribution in [0.3, 0.4) is 0 Å². The predicted octanol–water partition coefficient (Wildman–Crippen LogP) is 4.97. The maximum Gasteiger partial charge on any atom is 0.240 e. The number of hydrogen-bond acceptors (Lipinski definition) is 4. The van der Waals surface area contributed by atoms with E-state index in [1.54, 1.807) is 6.21 Å². The maximum absolute atomic E-state index is 14.3. The van der Waals surface area contributed by atoms with Crippen LogP contribution in [-0.2, 0) is 32.8 Å². The van der Waals surface area contributed by atoms with Gasteiger partial charge < -0.3 is 0 Å². The normalized spacial score (nSPS) is 23.8. The Balaban J connectivity index is 1.29. The second kappa shape index (κ2) is 9.97. The number of carbonyl (C=O) groups excluding carboxylic acids is 3. The van der Waals surface area contributed by atoms with E-state index in [4.69, 9.17) is 0 Å². The van der Waals surface area contributed by atoms with Crippen molar-refractivity contribution in [3.8, 4) is 0 Å². The first-order valence-corrected chi connectivity index (χ1v) is 14.0. The molecule has 202 valence electrons. The van der Waals surface area contributed by atoms with E-state index in [-0.39, 0.29) is 36.6 Å². The van der Waals surface area contributed by atoms with Gasteiger partial charge in [0.2, 0.25) is 17.7 Å². The molecule has 6 heteroatoms. The summed E-state index contributed by atoms with van der Waals surface area (Å²) in [6.45, 7) is 0.231. The van der Waals surface area contributed by atoms with E-state index in [0.29, 0.717) is 6.42 Å². The number of benzene rings is 4. The van der Waals surface area contributed by atoms with Gasteiger partial charge in [0, 0.05) is 18.6 Å². The Hall–Kier alpha value is -4.84. The van der Waals surface area contributed by atoms with Gasteiger partial charge in [0.15, 0.2) is 0 Å². The van der Waals surface area contributed by atoms with Crippen molar-refractivity contribution >= 4 is 23.9 Å². The molecule has 0 radical (unpaired) electrons. The molecule has 4 aliphatic rings. The van der Waals surface area contributed by atoms with Crippen LogP contribution in [0.4, 0.5) is 0 Å². The Bertz CT molecular complexity index is 1630. The van der Waals surface area contributed by atoms with Crippen molar-refractivity contribution in [2.24, 2.45) is 16.9 Å². The van der Waals surface area contributed by atoms with Crippen LogP contribution < -0.4 is 5.43 Å². The molecule has 4 aromatic rings. The van der Waals surface area contributed by atoms with Crippen LogP contribution in [0, 0.1) is 11.8 Å². The van der Waals surface area contributed by atoms with E-state index >= 15 is 0 Å². The van der Waals surface area contributed by atoms with Crippen molar-refractivity contribution in [2.75, 3.05) is 0 Å². The molecule has 41 heavy (non-hydrogen) atoms.